The van der Waals surface area contributed by atoms with Gasteiger partial charge in [0.15, 0.2) is 0 Å². The van der Waals surface area contributed by atoms with Crippen LogP contribution in [0.15, 0.2) is 12.2 Å². The van der Waals surface area contributed by atoms with Gasteiger partial charge < -0.3 is 10.2 Å². The zero-order valence-electron chi connectivity index (χ0n) is 13.5. The Bertz CT molecular complexity index is 358. The Morgan fingerprint density at radius 3 is 2.30 bits per heavy atom. The van der Waals surface area contributed by atoms with E-state index in [9.17, 15) is 0 Å². The number of nitrogens with zero attached hydrogens (tertiary/aromatic N) is 1. The Kier molecular flexibility index (Phi) is 3.98. The molecule has 1 saturated heterocycles. The number of hydrogen-bond acceptors (Lipinski definition) is 2. The second-order valence-corrected chi connectivity index (χ2v) is 7.85. The van der Waals surface area contributed by atoms with Gasteiger partial charge in [-0.1, -0.05) is 19.1 Å². The molecule has 0 aromatic heterocycles. The fourth-order valence-electron chi connectivity index (χ4n) is 3.79. The minimum Gasteiger partial charge on any atom is -0.313 e. The SMILES string of the molecule is C=C(C)C1(CN2CCC(CC)(CNC3CC3)CC2)CC1. The van der Waals surface area contributed by atoms with Crippen molar-refractivity contribution in [2.24, 2.45) is 10.8 Å². The smallest absolute Gasteiger partial charge is 0.00752 e. The summed E-state index contributed by atoms with van der Waals surface area (Å²) in [5.41, 5.74) is 2.50. The van der Waals surface area contributed by atoms with Crippen LogP contribution in [0.4, 0.5) is 0 Å². The first kappa shape index (κ1) is 14.6. The quantitative estimate of drug-likeness (QED) is 0.715. The monoisotopic (exact) mass is 276 g/mol. The molecule has 2 heteroatoms. The van der Waals surface area contributed by atoms with Crippen LogP contribution in [-0.2, 0) is 0 Å². The maximum atomic E-state index is 4.22. The summed E-state index contributed by atoms with van der Waals surface area (Å²) in [5.74, 6) is 0. The number of nitrogens with one attached hydrogen (secondary N) is 1. The van der Waals surface area contributed by atoms with Crippen LogP contribution < -0.4 is 5.32 Å². The molecular weight excluding hydrogens is 244 g/mol. The first-order valence-corrected chi connectivity index (χ1v) is 8.69. The van der Waals surface area contributed by atoms with E-state index in [2.05, 4.69) is 30.6 Å². The maximum Gasteiger partial charge on any atom is 0.00752 e. The second-order valence-electron chi connectivity index (χ2n) is 7.85. The van der Waals surface area contributed by atoms with Gasteiger partial charge in [-0.3, -0.25) is 0 Å². The summed E-state index contributed by atoms with van der Waals surface area (Å²) in [7, 11) is 0. The Hall–Kier alpha value is -0.340. The van der Waals surface area contributed by atoms with Crippen molar-refractivity contribution in [2.75, 3.05) is 26.2 Å². The summed E-state index contributed by atoms with van der Waals surface area (Å²) in [6, 6.07) is 0.856. The van der Waals surface area contributed by atoms with Gasteiger partial charge in [-0.15, -0.1) is 0 Å². The number of likely N-dealkylation sites (tertiary alicyclic amines) is 1. The first-order chi connectivity index (χ1) is 9.57. The van der Waals surface area contributed by atoms with Crippen molar-refractivity contribution in [3.63, 3.8) is 0 Å². The summed E-state index contributed by atoms with van der Waals surface area (Å²) in [5, 5.41) is 3.78. The molecule has 3 rings (SSSR count). The van der Waals surface area contributed by atoms with Gasteiger partial charge in [0.25, 0.3) is 0 Å². The molecule has 0 aromatic rings. The number of rotatable bonds is 7. The first-order valence-electron chi connectivity index (χ1n) is 8.69. The highest BCUT2D eigenvalue weighted by molar-refractivity contribution is 5.17. The lowest BCUT2D eigenvalue weighted by atomic mass is 9.75. The van der Waals surface area contributed by atoms with E-state index in [-0.39, 0.29) is 0 Å². The highest BCUT2D eigenvalue weighted by Gasteiger charge is 2.45. The molecule has 0 aromatic carbocycles. The van der Waals surface area contributed by atoms with E-state index in [4.69, 9.17) is 0 Å². The molecule has 0 spiro atoms. The molecule has 2 nitrogen and oxygen atoms in total. The second kappa shape index (κ2) is 5.46. The molecule has 0 amide bonds. The van der Waals surface area contributed by atoms with Crippen molar-refractivity contribution in [3.05, 3.63) is 12.2 Å². The van der Waals surface area contributed by atoms with Crippen LogP contribution in [0.5, 0.6) is 0 Å². The third-order valence-electron chi connectivity index (χ3n) is 6.29. The van der Waals surface area contributed by atoms with E-state index in [0.717, 1.165) is 6.04 Å². The molecule has 20 heavy (non-hydrogen) atoms. The molecule has 1 N–H and O–H groups in total. The predicted molar refractivity (Wildman–Crippen MR) is 85.9 cm³/mol. The average molecular weight is 276 g/mol. The van der Waals surface area contributed by atoms with Gasteiger partial charge >= 0.3 is 0 Å². The van der Waals surface area contributed by atoms with Crippen LogP contribution in [0.2, 0.25) is 0 Å². The fourth-order valence-corrected chi connectivity index (χ4v) is 3.79. The molecule has 114 valence electrons. The van der Waals surface area contributed by atoms with Gasteiger partial charge in [0.1, 0.15) is 0 Å². The van der Waals surface area contributed by atoms with Gasteiger partial charge in [-0.05, 0) is 70.4 Å². The molecule has 1 aliphatic heterocycles. The van der Waals surface area contributed by atoms with Crippen molar-refractivity contribution in [1.82, 2.24) is 10.2 Å². The molecule has 0 atom stereocenters. The summed E-state index contributed by atoms with van der Waals surface area (Å²) in [6.45, 7) is 14.0. The molecular formula is C18H32N2. The molecule has 3 fully saturated rings. The van der Waals surface area contributed by atoms with Crippen LogP contribution in [0.3, 0.4) is 0 Å². The van der Waals surface area contributed by atoms with E-state index >= 15 is 0 Å². The average Bonchev–Trinajstić information content (AvgIpc) is 3.34. The summed E-state index contributed by atoms with van der Waals surface area (Å²) < 4.78 is 0. The van der Waals surface area contributed by atoms with Crippen LogP contribution >= 0.6 is 0 Å². The third-order valence-corrected chi connectivity index (χ3v) is 6.29. The molecule has 3 aliphatic rings. The van der Waals surface area contributed by atoms with Crippen molar-refractivity contribution in [1.29, 1.82) is 0 Å². The Morgan fingerprint density at radius 1 is 1.20 bits per heavy atom. The van der Waals surface area contributed by atoms with Crippen LogP contribution in [-0.4, -0.2) is 37.1 Å². The highest BCUT2D eigenvalue weighted by atomic mass is 15.1. The van der Waals surface area contributed by atoms with Gasteiger partial charge in [-0.2, -0.15) is 0 Å². The van der Waals surface area contributed by atoms with Gasteiger partial charge in [0.2, 0.25) is 0 Å². The summed E-state index contributed by atoms with van der Waals surface area (Å²) in [4.78, 5) is 2.71. The minimum atomic E-state index is 0.498. The van der Waals surface area contributed by atoms with Crippen molar-refractivity contribution in [2.45, 2.75) is 64.8 Å². The van der Waals surface area contributed by atoms with E-state index in [1.807, 2.05) is 0 Å². The summed E-state index contributed by atoms with van der Waals surface area (Å²) >= 11 is 0. The van der Waals surface area contributed by atoms with E-state index < -0.39 is 0 Å². The highest BCUT2D eigenvalue weighted by Crippen LogP contribution is 2.52. The van der Waals surface area contributed by atoms with E-state index in [1.165, 1.54) is 76.7 Å². The molecule has 0 radical (unpaired) electrons. The van der Waals surface area contributed by atoms with Gasteiger partial charge in [0, 0.05) is 24.5 Å². The van der Waals surface area contributed by atoms with Gasteiger partial charge in [-0.25, -0.2) is 0 Å². The van der Waals surface area contributed by atoms with Crippen LogP contribution in [0.25, 0.3) is 0 Å². The largest absolute Gasteiger partial charge is 0.313 e. The molecule has 2 aliphatic carbocycles. The molecule has 1 heterocycles. The lowest BCUT2D eigenvalue weighted by Gasteiger charge is -2.43. The zero-order chi connectivity index (χ0) is 14.2. The van der Waals surface area contributed by atoms with Crippen molar-refractivity contribution < 1.29 is 0 Å². The molecule has 0 unspecified atom stereocenters. The van der Waals surface area contributed by atoms with Gasteiger partial charge in [0.05, 0.1) is 0 Å². The Balaban J connectivity index is 1.48. The van der Waals surface area contributed by atoms with Crippen molar-refractivity contribution in [3.8, 4) is 0 Å². The number of piperidine rings is 1. The third kappa shape index (κ3) is 3.12. The van der Waals surface area contributed by atoms with Crippen LogP contribution in [0, 0.1) is 10.8 Å². The Labute approximate surface area is 125 Å². The topological polar surface area (TPSA) is 15.3 Å². The van der Waals surface area contributed by atoms with Crippen molar-refractivity contribution >= 4 is 0 Å². The maximum absolute atomic E-state index is 4.22. The van der Waals surface area contributed by atoms with Crippen LogP contribution in [0.1, 0.15) is 58.8 Å². The normalized spacial score (nSPS) is 28.3. The standard InChI is InChI=1S/C18H32N2/c1-4-17(13-19-16-5-6-16)9-11-20(12-10-17)14-18(7-8-18)15(2)3/h16,19H,2,4-14H2,1,3H3. The minimum absolute atomic E-state index is 0.498. The lowest BCUT2D eigenvalue weighted by Crippen LogP contribution is -2.46. The molecule has 0 bridgehead atoms. The zero-order valence-corrected chi connectivity index (χ0v) is 13.5. The predicted octanol–water partition coefficient (Wildman–Crippen LogP) is 3.59. The number of hydrogen-bond donors (Lipinski definition) is 1. The summed E-state index contributed by atoms with van der Waals surface area (Å²) in [6.07, 6.45) is 9.68. The molecule has 2 saturated carbocycles. The van der Waals surface area contributed by atoms with E-state index in [0.29, 0.717) is 10.8 Å². The Morgan fingerprint density at radius 2 is 1.85 bits per heavy atom. The lowest BCUT2D eigenvalue weighted by molar-refractivity contribution is 0.0871. The van der Waals surface area contributed by atoms with E-state index in [1.54, 1.807) is 0 Å². The fraction of sp³-hybridized carbons (Fsp3) is 0.889.